The predicted octanol–water partition coefficient (Wildman–Crippen LogP) is 3.74. The summed E-state index contributed by atoms with van der Waals surface area (Å²) in [5.41, 5.74) is 3.94. The van der Waals surface area contributed by atoms with Crippen molar-refractivity contribution in [3.8, 4) is 5.75 Å². The first-order valence-electron chi connectivity index (χ1n) is 5.36. The summed E-state index contributed by atoms with van der Waals surface area (Å²) < 4.78 is 5.31. The van der Waals surface area contributed by atoms with Crippen molar-refractivity contribution in [2.75, 3.05) is 12.9 Å². The quantitative estimate of drug-likeness (QED) is 0.767. The van der Waals surface area contributed by atoms with Gasteiger partial charge < -0.3 is 4.74 Å². The van der Waals surface area contributed by atoms with E-state index in [0.717, 1.165) is 17.9 Å². The zero-order chi connectivity index (χ0) is 11.4. The lowest BCUT2D eigenvalue weighted by atomic mass is 9.92. The highest BCUT2D eigenvalue weighted by Crippen LogP contribution is 2.29. The van der Waals surface area contributed by atoms with E-state index in [4.69, 9.17) is 4.74 Å². The fourth-order valence-electron chi connectivity index (χ4n) is 1.91. The normalized spacial score (nSPS) is 12.6. The Hall–Kier alpha value is -0.630. The molecule has 0 spiro atoms. The largest absolute Gasteiger partial charge is 0.496 e. The number of benzene rings is 1. The molecule has 1 atom stereocenters. The molecule has 2 heteroatoms. The van der Waals surface area contributed by atoms with Gasteiger partial charge in [0.1, 0.15) is 5.75 Å². The van der Waals surface area contributed by atoms with Crippen LogP contribution in [-0.4, -0.2) is 12.9 Å². The van der Waals surface area contributed by atoms with Gasteiger partial charge in [-0.05, 0) is 54.7 Å². The van der Waals surface area contributed by atoms with Crippen molar-refractivity contribution in [1.29, 1.82) is 0 Å². The van der Waals surface area contributed by atoms with Gasteiger partial charge in [-0.15, -0.1) is 0 Å². The summed E-state index contributed by atoms with van der Waals surface area (Å²) in [6.45, 7) is 6.49. The van der Waals surface area contributed by atoms with Gasteiger partial charge in [0.25, 0.3) is 0 Å². The molecule has 0 amide bonds. The van der Waals surface area contributed by atoms with Crippen LogP contribution in [0.25, 0.3) is 0 Å². The first-order valence-corrected chi connectivity index (χ1v) is 5.99. The Bertz CT molecular complexity index is 334. The first-order chi connectivity index (χ1) is 7.10. The second kappa shape index (κ2) is 5.45. The number of hydrogen-bond donors (Lipinski definition) is 1. The van der Waals surface area contributed by atoms with Crippen LogP contribution in [0.1, 0.15) is 36.0 Å². The summed E-state index contributed by atoms with van der Waals surface area (Å²) in [5.74, 6) is 2.49. The second-order valence-corrected chi connectivity index (χ2v) is 4.54. The van der Waals surface area contributed by atoms with Crippen LogP contribution in [0, 0.1) is 13.8 Å². The Morgan fingerprint density at radius 2 is 1.93 bits per heavy atom. The highest BCUT2D eigenvalue weighted by atomic mass is 32.1. The Kier molecular flexibility index (Phi) is 4.52. The average molecular weight is 224 g/mol. The maximum absolute atomic E-state index is 5.31. The fraction of sp³-hybridized carbons (Fsp3) is 0.538. The number of methoxy groups -OCH3 is 1. The minimum absolute atomic E-state index is 0.576. The maximum atomic E-state index is 5.31. The van der Waals surface area contributed by atoms with Crippen molar-refractivity contribution >= 4 is 12.6 Å². The predicted molar refractivity (Wildman–Crippen MR) is 69.4 cm³/mol. The van der Waals surface area contributed by atoms with Crippen LogP contribution in [0.4, 0.5) is 0 Å². The first kappa shape index (κ1) is 12.4. The van der Waals surface area contributed by atoms with Gasteiger partial charge in [-0.1, -0.05) is 13.0 Å². The molecule has 0 aliphatic carbocycles. The molecular weight excluding hydrogens is 204 g/mol. The number of rotatable bonds is 4. The summed E-state index contributed by atoms with van der Waals surface area (Å²) in [6, 6.07) is 4.36. The van der Waals surface area contributed by atoms with E-state index >= 15 is 0 Å². The molecule has 1 unspecified atom stereocenters. The molecule has 15 heavy (non-hydrogen) atoms. The SMILES string of the molecule is COc1cc(C)c(C(C)CCS)cc1C. The average Bonchev–Trinajstić information content (AvgIpc) is 2.21. The van der Waals surface area contributed by atoms with Crippen LogP contribution >= 0.6 is 12.6 Å². The lowest BCUT2D eigenvalue weighted by molar-refractivity contribution is 0.411. The highest BCUT2D eigenvalue weighted by Gasteiger charge is 2.10. The lowest BCUT2D eigenvalue weighted by Crippen LogP contribution is -2.00. The van der Waals surface area contributed by atoms with E-state index in [1.807, 2.05) is 0 Å². The fourth-order valence-corrected chi connectivity index (χ4v) is 2.30. The molecule has 84 valence electrons. The lowest BCUT2D eigenvalue weighted by Gasteiger charge is -2.16. The van der Waals surface area contributed by atoms with Gasteiger partial charge in [0.05, 0.1) is 7.11 Å². The molecule has 0 N–H and O–H groups in total. The molecule has 1 aromatic rings. The molecule has 0 saturated heterocycles. The molecule has 0 saturated carbocycles. The van der Waals surface area contributed by atoms with Gasteiger partial charge in [-0.2, -0.15) is 12.6 Å². The summed E-state index contributed by atoms with van der Waals surface area (Å²) in [5, 5.41) is 0. The number of thiol groups is 1. The van der Waals surface area contributed by atoms with Gasteiger partial charge in [-0.25, -0.2) is 0 Å². The van der Waals surface area contributed by atoms with Gasteiger partial charge in [0.15, 0.2) is 0 Å². The van der Waals surface area contributed by atoms with Crippen molar-refractivity contribution in [3.05, 3.63) is 28.8 Å². The molecule has 0 aliphatic rings. The van der Waals surface area contributed by atoms with Crippen molar-refractivity contribution in [2.45, 2.75) is 33.1 Å². The Labute approximate surface area is 98.3 Å². The maximum Gasteiger partial charge on any atom is 0.122 e. The molecule has 1 nitrogen and oxygen atoms in total. The van der Waals surface area contributed by atoms with Crippen LogP contribution in [-0.2, 0) is 0 Å². The smallest absolute Gasteiger partial charge is 0.122 e. The molecule has 0 heterocycles. The third-order valence-electron chi connectivity index (χ3n) is 2.88. The summed E-state index contributed by atoms with van der Waals surface area (Å²) in [4.78, 5) is 0. The summed E-state index contributed by atoms with van der Waals surface area (Å²) in [6.07, 6.45) is 1.12. The van der Waals surface area contributed by atoms with Crippen molar-refractivity contribution in [2.24, 2.45) is 0 Å². The molecule has 1 aromatic carbocycles. The molecule has 0 bridgehead atoms. The van der Waals surface area contributed by atoms with E-state index in [2.05, 4.69) is 45.5 Å². The molecule has 1 rings (SSSR count). The van der Waals surface area contributed by atoms with Crippen molar-refractivity contribution in [3.63, 3.8) is 0 Å². The van der Waals surface area contributed by atoms with E-state index in [0.29, 0.717) is 5.92 Å². The molecule has 0 aliphatic heterocycles. The second-order valence-electron chi connectivity index (χ2n) is 4.09. The third kappa shape index (κ3) is 2.91. The van der Waals surface area contributed by atoms with E-state index in [-0.39, 0.29) is 0 Å². The van der Waals surface area contributed by atoms with Gasteiger partial charge in [-0.3, -0.25) is 0 Å². The standard InChI is InChI=1S/C13H20OS/c1-9(5-6-15)12-7-11(3)13(14-4)8-10(12)2/h7-9,15H,5-6H2,1-4H3. The Balaban J connectivity index is 3.04. The minimum Gasteiger partial charge on any atom is -0.496 e. The van der Waals surface area contributed by atoms with Gasteiger partial charge >= 0.3 is 0 Å². The van der Waals surface area contributed by atoms with Crippen LogP contribution in [0.5, 0.6) is 5.75 Å². The molecular formula is C13H20OS. The number of aryl methyl sites for hydroxylation is 2. The Morgan fingerprint density at radius 3 is 2.47 bits per heavy atom. The van der Waals surface area contributed by atoms with E-state index in [1.54, 1.807) is 7.11 Å². The van der Waals surface area contributed by atoms with E-state index in [1.165, 1.54) is 16.7 Å². The highest BCUT2D eigenvalue weighted by molar-refractivity contribution is 7.80. The van der Waals surface area contributed by atoms with E-state index < -0.39 is 0 Å². The van der Waals surface area contributed by atoms with Crippen LogP contribution in [0.3, 0.4) is 0 Å². The topological polar surface area (TPSA) is 9.23 Å². The zero-order valence-electron chi connectivity index (χ0n) is 10.0. The number of hydrogen-bond acceptors (Lipinski definition) is 2. The molecule has 0 fully saturated rings. The van der Waals surface area contributed by atoms with Crippen LogP contribution in [0.2, 0.25) is 0 Å². The van der Waals surface area contributed by atoms with Crippen LogP contribution in [0.15, 0.2) is 12.1 Å². The zero-order valence-corrected chi connectivity index (χ0v) is 10.9. The minimum atomic E-state index is 0.576. The van der Waals surface area contributed by atoms with Crippen molar-refractivity contribution < 1.29 is 4.74 Å². The van der Waals surface area contributed by atoms with E-state index in [9.17, 15) is 0 Å². The van der Waals surface area contributed by atoms with Gasteiger partial charge in [0, 0.05) is 0 Å². The monoisotopic (exact) mass is 224 g/mol. The van der Waals surface area contributed by atoms with Crippen LogP contribution < -0.4 is 4.74 Å². The Morgan fingerprint density at radius 1 is 1.27 bits per heavy atom. The summed E-state index contributed by atoms with van der Waals surface area (Å²) >= 11 is 4.28. The third-order valence-corrected chi connectivity index (χ3v) is 3.13. The summed E-state index contributed by atoms with van der Waals surface area (Å²) in [7, 11) is 1.72. The van der Waals surface area contributed by atoms with Gasteiger partial charge in [0.2, 0.25) is 0 Å². The number of ether oxygens (including phenoxy) is 1. The molecule has 0 aromatic heterocycles. The van der Waals surface area contributed by atoms with Crippen molar-refractivity contribution in [1.82, 2.24) is 0 Å². The molecule has 0 radical (unpaired) electrons.